The lowest BCUT2D eigenvalue weighted by molar-refractivity contribution is -0.163. The summed E-state index contributed by atoms with van der Waals surface area (Å²) in [5, 5.41) is 10.7. The van der Waals surface area contributed by atoms with E-state index in [1.165, 1.54) is 0 Å². The summed E-state index contributed by atoms with van der Waals surface area (Å²) < 4.78 is 15.7. The number of aliphatic hydroxyl groups excluding tert-OH is 1. The molecule has 1 aliphatic heterocycles. The van der Waals surface area contributed by atoms with Gasteiger partial charge in [-0.05, 0) is 45.4 Å². The molecule has 116 valence electrons. The highest BCUT2D eigenvalue weighted by Crippen LogP contribution is 2.42. The van der Waals surface area contributed by atoms with Crippen LogP contribution in [0.5, 0.6) is 11.5 Å². The lowest BCUT2D eigenvalue weighted by atomic mass is 9.97. The molecule has 1 heterocycles. The Morgan fingerprint density at radius 1 is 1.38 bits per heavy atom. The Morgan fingerprint density at radius 2 is 2.05 bits per heavy atom. The molecule has 0 aliphatic carbocycles. The molecule has 0 fully saturated rings. The Kier molecular flexibility index (Phi) is 4.35. The fourth-order valence-electron chi connectivity index (χ4n) is 1.97. The maximum Gasteiger partial charge on any atom is 0.312 e. The third-order valence-electron chi connectivity index (χ3n) is 3.04. The van der Waals surface area contributed by atoms with E-state index in [1.807, 2.05) is 0 Å². The molecule has 2 unspecified atom stereocenters. The number of hydrogen-bond acceptors (Lipinski definition) is 5. The van der Waals surface area contributed by atoms with Crippen LogP contribution in [-0.2, 0) is 9.53 Å². The van der Waals surface area contributed by atoms with E-state index in [2.05, 4.69) is 0 Å². The molecule has 6 heteroatoms. The molecule has 1 aromatic carbocycles. The Labute approximate surface area is 128 Å². The van der Waals surface area contributed by atoms with Crippen LogP contribution < -0.4 is 9.47 Å². The van der Waals surface area contributed by atoms with Gasteiger partial charge in [-0.15, -0.1) is 0 Å². The van der Waals surface area contributed by atoms with Crippen LogP contribution in [0.3, 0.4) is 0 Å². The number of hydrogen-bond donors (Lipinski definition) is 1. The Morgan fingerprint density at radius 3 is 2.67 bits per heavy atom. The van der Waals surface area contributed by atoms with Crippen molar-refractivity contribution in [2.45, 2.75) is 39.4 Å². The van der Waals surface area contributed by atoms with Crippen LogP contribution >= 0.6 is 11.6 Å². The second-order valence-electron chi connectivity index (χ2n) is 6.00. The third kappa shape index (κ3) is 3.60. The van der Waals surface area contributed by atoms with E-state index < -0.39 is 23.6 Å². The maximum absolute atomic E-state index is 12.0. The standard InChI is InChI=1S/C15H19ClO5/c1-8(14(18)21-15(2,3)4)12(17)9-5-10(16)13-11(6-9)19-7-20-13/h5-6,8,12,17H,7H2,1-4H3. The highest BCUT2D eigenvalue weighted by atomic mass is 35.5. The van der Waals surface area contributed by atoms with Crippen LogP contribution in [0, 0.1) is 5.92 Å². The SMILES string of the molecule is CC(C(=O)OC(C)(C)C)C(O)c1cc(Cl)c2c(c1)OCO2. The van der Waals surface area contributed by atoms with Crippen molar-refractivity contribution in [3.63, 3.8) is 0 Å². The van der Waals surface area contributed by atoms with Gasteiger partial charge in [0.05, 0.1) is 17.0 Å². The summed E-state index contributed by atoms with van der Waals surface area (Å²) in [6.07, 6.45) is -1.04. The zero-order chi connectivity index (χ0) is 15.8. The van der Waals surface area contributed by atoms with Crippen LogP contribution in [0.1, 0.15) is 39.4 Å². The molecule has 1 aromatic rings. The molecular formula is C15H19ClO5. The van der Waals surface area contributed by atoms with Crippen LogP contribution in [0.2, 0.25) is 5.02 Å². The number of fused-ring (bicyclic) bond motifs is 1. The van der Waals surface area contributed by atoms with Gasteiger partial charge in [0, 0.05) is 0 Å². The zero-order valence-electron chi connectivity index (χ0n) is 12.5. The summed E-state index contributed by atoms with van der Waals surface area (Å²) >= 11 is 6.08. The minimum atomic E-state index is -1.04. The van der Waals surface area contributed by atoms with Gasteiger partial charge in [0.1, 0.15) is 5.60 Å². The molecule has 2 rings (SSSR count). The molecular weight excluding hydrogens is 296 g/mol. The van der Waals surface area contributed by atoms with Gasteiger partial charge in [-0.25, -0.2) is 0 Å². The van der Waals surface area contributed by atoms with Gasteiger partial charge in [-0.3, -0.25) is 4.79 Å². The first-order valence-electron chi connectivity index (χ1n) is 6.69. The Bertz CT molecular complexity index is 550. The van der Waals surface area contributed by atoms with E-state index in [9.17, 15) is 9.90 Å². The van der Waals surface area contributed by atoms with Crippen molar-refractivity contribution < 1.29 is 24.1 Å². The van der Waals surface area contributed by atoms with E-state index in [1.54, 1.807) is 39.8 Å². The van der Waals surface area contributed by atoms with Crippen molar-refractivity contribution >= 4 is 17.6 Å². The lowest BCUT2D eigenvalue weighted by Crippen LogP contribution is -2.30. The predicted molar refractivity (Wildman–Crippen MR) is 77.5 cm³/mol. The normalized spacial score (nSPS) is 16.5. The first-order chi connectivity index (χ1) is 9.69. The molecule has 0 radical (unpaired) electrons. The van der Waals surface area contributed by atoms with Crippen LogP contribution in [-0.4, -0.2) is 23.5 Å². The summed E-state index contributed by atoms with van der Waals surface area (Å²) in [5.74, 6) is -0.269. The van der Waals surface area contributed by atoms with Crippen molar-refractivity contribution in [1.82, 2.24) is 0 Å². The second-order valence-corrected chi connectivity index (χ2v) is 6.41. The number of halogens is 1. The van der Waals surface area contributed by atoms with Gasteiger partial charge in [-0.2, -0.15) is 0 Å². The van der Waals surface area contributed by atoms with Gasteiger partial charge in [0.2, 0.25) is 6.79 Å². The van der Waals surface area contributed by atoms with E-state index in [0.29, 0.717) is 22.1 Å². The molecule has 0 aromatic heterocycles. The van der Waals surface area contributed by atoms with Gasteiger partial charge in [-0.1, -0.05) is 11.6 Å². The van der Waals surface area contributed by atoms with Crippen molar-refractivity contribution in [3.8, 4) is 11.5 Å². The lowest BCUT2D eigenvalue weighted by Gasteiger charge is -2.25. The maximum atomic E-state index is 12.0. The van der Waals surface area contributed by atoms with E-state index in [4.69, 9.17) is 25.8 Å². The molecule has 0 amide bonds. The summed E-state index contributed by atoms with van der Waals surface area (Å²) in [5.41, 5.74) is -0.111. The number of aliphatic hydroxyl groups is 1. The van der Waals surface area contributed by atoms with Crippen LogP contribution in [0.25, 0.3) is 0 Å². The van der Waals surface area contributed by atoms with Crippen molar-refractivity contribution in [2.24, 2.45) is 5.92 Å². The number of benzene rings is 1. The average Bonchev–Trinajstić information content (AvgIpc) is 2.83. The summed E-state index contributed by atoms with van der Waals surface area (Å²) in [6.45, 7) is 7.04. The van der Waals surface area contributed by atoms with Gasteiger partial charge in [0.25, 0.3) is 0 Å². The molecule has 0 spiro atoms. The quantitative estimate of drug-likeness (QED) is 0.869. The molecule has 1 aliphatic rings. The Balaban J connectivity index is 2.18. The van der Waals surface area contributed by atoms with Gasteiger partial charge in [0.15, 0.2) is 11.5 Å². The highest BCUT2D eigenvalue weighted by molar-refractivity contribution is 6.32. The Hall–Kier alpha value is -1.46. The van der Waals surface area contributed by atoms with Crippen molar-refractivity contribution in [2.75, 3.05) is 6.79 Å². The largest absolute Gasteiger partial charge is 0.460 e. The molecule has 1 N–H and O–H groups in total. The second kappa shape index (κ2) is 5.73. The smallest absolute Gasteiger partial charge is 0.312 e. The van der Waals surface area contributed by atoms with E-state index in [-0.39, 0.29) is 6.79 Å². The number of esters is 1. The number of rotatable bonds is 3. The number of carbonyl (C=O) groups excluding carboxylic acids is 1. The molecule has 0 saturated heterocycles. The van der Waals surface area contributed by atoms with Crippen molar-refractivity contribution in [1.29, 1.82) is 0 Å². The van der Waals surface area contributed by atoms with Crippen molar-refractivity contribution in [3.05, 3.63) is 22.7 Å². The topological polar surface area (TPSA) is 65.0 Å². The van der Waals surface area contributed by atoms with Crippen LogP contribution in [0.15, 0.2) is 12.1 Å². The van der Waals surface area contributed by atoms with E-state index in [0.717, 1.165) is 0 Å². The fraction of sp³-hybridized carbons (Fsp3) is 0.533. The summed E-state index contributed by atoms with van der Waals surface area (Å²) in [7, 11) is 0. The zero-order valence-corrected chi connectivity index (χ0v) is 13.2. The predicted octanol–water partition coefficient (Wildman–Crippen LogP) is 3.08. The summed E-state index contributed by atoms with van der Waals surface area (Å²) in [4.78, 5) is 12.0. The molecule has 0 bridgehead atoms. The van der Waals surface area contributed by atoms with E-state index >= 15 is 0 Å². The third-order valence-corrected chi connectivity index (χ3v) is 3.32. The minimum absolute atomic E-state index is 0.0935. The molecule has 21 heavy (non-hydrogen) atoms. The number of carbonyl (C=O) groups is 1. The van der Waals surface area contributed by atoms with Crippen LogP contribution in [0.4, 0.5) is 0 Å². The highest BCUT2D eigenvalue weighted by Gasteiger charge is 2.30. The first kappa shape index (κ1) is 15.9. The monoisotopic (exact) mass is 314 g/mol. The molecule has 0 saturated carbocycles. The average molecular weight is 315 g/mol. The van der Waals surface area contributed by atoms with Gasteiger partial charge < -0.3 is 19.3 Å². The summed E-state index contributed by atoms with van der Waals surface area (Å²) in [6, 6.07) is 3.19. The number of ether oxygens (including phenoxy) is 3. The van der Waals surface area contributed by atoms with Gasteiger partial charge >= 0.3 is 5.97 Å². The first-order valence-corrected chi connectivity index (χ1v) is 7.07. The fourth-order valence-corrected chi connectivity index (χ4v) is 2.24. The molecule has 5 nitrogen and oxygen atoms in total. The molecule has 2 atom stereocenters. The minimum Gasteiger partial charge on any atom is -0.460 e.